The minimum atomic E-state index is 0.0620. The maximum Gasteiger partial charge on any atom is 0.191 e. The Labute approximate surface area is 137 Å². The largest absolute Gasteiger partial charge is 0.508 e. The molecule has 0 saturated carbocycles. The Kier molecular flexibility index (Phi) is 6.09. The van der Waals surface area contributed by atoms with Gasteiger partial charge in [-0.25, -0.2) is 0 Å². The number of aryl methyl sites for hydroxylation is 2. The Hall–Kier alpha value is -2.43. The summed E-state index contributed by atoms with van der Waals surface area (Å²) in [5, 5.41) is 15.9. The molecule has 1 atom stereocenters. The molecule has 0 bridgehead atoms. The molecule has 0 spiro atoms. The van der Waals surface area contributed by atoms with Crippen molar-refractivity contribution in [2.24, 2.45) is 4.99 Å². The first-order chi connectivity index (χ1) is 11.1. The second-order valence-corrected chi connectivity index (χ2v) is 5.58. The van der Waals surface area contributed by atoms with Gasteiger partial charge in [-0.1, -0.05) is 12.1 Å². The van der Waals surface area contributed by atoms with E-state index in [9.17, 15) is 5.11 Å². The fourth-order valence-electron chi connectivity index (χ4n) is 2.32. The van der Waals surface area contributed by atoms with Crippen LogP contribution in [0.1, 0.15) is 36.5 Å². The van der Waals surface area contributed by atoms with Gasteiger partial charge in [0.15, 0.2) is 5.96 Å². The van der Waals surface area contributed by atoms with Crippen LogP contribution in [0.5, 0.6) is 5.75 Å². The van der Waals surface area contributed by atoms with Crippen molar-refractivity contribution < 1.29 is 9.52 Å². The molecule has 23 heavy (non-hydrogen) atoms. The van der Waals surface area contributed by atoms with E-state index in [1.807, 2.05) is 38.1 Å². The quantitative estimate of drug-likeness (QED) is 0.435. The van der Waals surface area contributed by atoms with Crippen molar-refractivity contribution in [1.82, 2.24) is 10.6 Å². The van der Waals surface area contributed by atoms with E-state index >= 15 is 0 Å². The van der Waals surface area contributed by atoms with Crippen LogP contribution in [0.25, 0.3) is 0 Å². The normalized spacial score (nSPS) is 12.9. The van der Waals surface area contributed by atoms with Gasteiger partial charge < -0.3 is 20.2 Å². The highest BCUT2D eigenvalue weighted by molar-refractivity contribution is 5.79. The number of hydrogen-bond donors (Lipinski definition) is 3. The molecule has 0 aliphatic heterocycles. The zero-order valence-electron chi connectivity index (χ0n) is 14.0. The number of furan rings is 1. The molecule has 0 amide bonds. The average molecular weight is 315 g/mol. The molecule has 0 saturated heterocycles. The van der Waals surface area contributed by atoms with Crippen LogP contribution >= 0.6 is 0 Å². The molecule has 0 radical (unpaired) electrons. The van der Waals surface area contributed by atoms with Crippen molar-refractivity contribution in [3.63, 3.8) is 0 Å². The van der Waals surface area contributed by atoms with E-state index in [-0.39, 0.29) is 6.04 Å². The molecule has 0 fully saturated rings. The number of guanidine groups is 1. The second kappa shape index (κ2) is 8.27. The van der Waals surface area contributed by atoms with Gasteiger partial charge in [0.25, 0.3) is 0 Å². The van der Waals surface area contributed by atoms with Gasteiger partial charge in [-0.15, -0.1) is 0 Å². The molecular formula is C18H25N3O2. The van der Waals surface area contributed by atoms with E-state index < -0.39 is 0 Å². The SMILES string of the molecule is CN=C(NCCCc1ccc(O)cc1)NC(C)c1ccc(C)o1. The molecule has 5 nitrogen and oxygen atoms in total. The molecule has 1 aromatic heterocycles. The first-order valence-electron chi connectivity index (χ1n) is 7.90. The predicted octanol–water partition coefficient (Wildman–Crippen LogP) is 3.15. The molecule has 124 valence electrons. The van der Waals surface area contributed by atoms with E-state index in [2.05, 4.69) is 15.6 Å². The summed E-state index contributed by atoms with van der Waals surface area (Å²) >= 11 is 0. The van der Waals surface area contributed by atoms with Gasteiger partial charge in [0.05, 0.1) is 6.04 Å². The molecule has 0 aliphatic rings. The van der Waals surface area contributed by atoms with Gasteiger partial charge in [0.2, 0.25) is 0 Å². The Morgan fingerprint density at radius 1 is 1.22 bits per heavy atom. The van der Waals surface area contributed by atoms with Crippen LogP contribution < -0.4 is 10.6 Å². The summed E-state index contributed by atoms with van der Waals surface area (Å²) in [4.78, 5) is 4.24. The lowest BCUT2D eigenvalue weighted by Crippen LogP contribution is -2.39. The third-order valence-corrected chi connectivity index (χ3v) is 3.64. The van der Waals surface area contributed by atoms with E-state index in [0.717, 1.165) is 36.9 Å². The van der Waals surface area contributed by atoms with Crippen LogP contribution in [-0.2, 0) is 6.42 Å². The molecule has 1 unspecified atom stereocenters. The van der Waals surface area contributed by atoms with Gasteiger partial charge in [-0.2, -0.15) is 0 Å². The monoisotopic (exact) mass is 315 g/mol. The summed E-state index contributed by atoms with van der Waals surface area (Å²) in [6, 6.07) is 11.3. The van der Waals surface area contributed by atoms with Crippen molar-refractivity contribution >= 4 is 5.96 Å². The summed E-state index contributed by atoms with van der Waals surface area (Å²) in [5.41, 5.74) is 1.21. The highest BCUT2D eigenvalue weighted by Gasteiger charge is 2.10. The maximum absolute atomic E-state index is 9.27. The first-order valence-corrected chi connectivity index (χ1v) is 7.90. The van der Waals surface area contributed by atoms with Crippen LogP contribution in [0.2, 0.25) is 0 Å². The van der Waals surface area contributed by atoms with Gasteiger partial charge in [0, 0.05) is 13.6 Å². The number of benzene rings is 1. The molecule has 5 heteroatoms. The van der Waals surface area contributed by atoms with E-state index in [4.69, 9.17) is 4.42 Å². The number of nitrogens with zero attached hydrogens (tertiary/aromatic N) is 1. The minimum absolute atomic E-state index is 0.0620. The number of aromatic hydroxyl groups is 1. The number of nitrogens with one attached hydrogen (secondary N) is 2. The van der Waals surface area contributed by atoms with E-state index in [1.54, 1.807) is 19.2 Å². The number of phenolic OH excluding ortho intramolecular Hbond substituents is 1. The smallest absolute Gasteiger partial charge is 0.191 e. The molecule has 2 rings (SSSR count). The van der Waals surface area contributed by atoms with Gasteiger partial charge in [0.1, 0.15) is 17.3 Å². The van der Waals surface area contributed by atoms with Gasteiger partial charge >= 0.3 is 0 Å². The summed E-state index contributed by atoms with van der Waals surface area (Å²) in [7, 11) is 1.76. The Morgan fingerprint density at radius 2 is 1.96 bits per heavy atom. The summed E-state index contributed by atoms with van der Waals surface area (Å²) in [6.45, 7) is 4.80. The molecule has 0 aliphatic carbocycles. The van der Waals surface area contributed by atoms with E-state index in [1.165, 1.54) is 5.56 Å². The van der Waals surface area contributed by atoms with Crippen molar-refractivity contribution in [1.29, 1.82) is 0 Å². The number of aliphatic imine (C=N–C) groups is 1. The van der Waals surface area contributed by atoms with Crippen molar-refractivity contribution in [2.75, 3.05) is 13.6 Å². The van der Waals surface area contributed by atoms with Crippen LogP contribution in [0.4, 0.5) is 0 Å². The summed E-state index contributed by atoms with van der Waals surface area (Å²) < 4.78 is 5.62. The zero-order valence-corrected chi connectivity index (χ0v) is 14.0. The topological polar surface area (TPSA) is 69.8 Å². The van der Waals surface area contributed by atoms with Crippen molar-refractivity contribution in [3.05, 3.63) is 53.5 Å². The number of phenols is 1. The zero-order chi connectivity index (χ0) is 16.7. The predicted molar refractivity (Wildman–Crippen MR) is 92.8 cm³/mol. The third-order valence-electron chi connectivity index (χ3n) is 3.64. The average Bonchev–Trinajstić information content (AvgIpc) is 2.98. The number of hydrogen-bond acceptors (Lipinski definition) is 3. The summed E-state index contributed by atoms with van der Waals surface area (Å²) in [5.74, 6) is 2.87. The third kappa shape index (κ3) is 5.36. The maximum atomic E-state index is 9.27. The summed E-state index contributed by atoms with van der Waals surface area (Å²) in [6.07, 6.45) is 1.94. The molecule has 1 heterocycles. The van der Waals surface area contributed by atoms with Crippen LogP contribution in [-0.4, -0.2) is 24.7 Å². The van der Waals surface area contributed by atoms with Gasteiger partial charge in [-0.3, -0.25) is 4.99 Å². The molecular weight excluding hydrogens is 290 g/mol. The number of rotatable bonds is 6. The van der Waals surface area contributed by atoms with Crippen molar-refractivity contribution in [2.45, 2.75) is 32.7 Å². The minimum Gasteiger partial charge on any atom is -0.508 e. The fourth-order valence-corrected chi connectivity index (χ4v) is 2.32. The van der Waals surface area contributed by atoms with E-state index in [0.29, 0.717) is 5.75 Å². The second-order valence-electron chi connectivity index (χ2n) is 5.58. The standard InChI is InChI=1S/C18H25N3O2/c1-13-6-11-17(23-13)14(2)21-18(19-3)20-12-4-5-15-7-9-16(22)10-8-15/h6-11,14,22H,4-5,12H2,1-3H3,(H2,19,20,21). The lowest BCUT2D eigenvalue weighted by Gasteiger charge is -2.16. The highest BCUT2D eigenvalue weighted by Crippen LogP contribution is 2.15. The Balaban J connectivity index is 1.73. The van der Waals surface area contributed by atoms with Crippen LogP contribution in [0, 0.1) is 6.92 Å². The lowest BCUT2D eigenvalue weighted by atomic mass is 10.1. The molecule has 2 aromatic rings. The van der Waals surface area contributed by atoms with Gasteiger partial charge in [-0.05, 0) is 56.5 Å². The Morgan fingerprint density at radius 3 is 2.57 bits per heavy atom. The molecule has 1 aromatic carbocycles. The van der Waals surface area contributed by atoms with Crippen LogP contribution in [0.15, 0.2) is 45.8 Å². The first kappa shape index (κ1) is 16.9. The fraction of sp³-hybridized carbons (Fsp3) is 0.389. The highest BCUT2D eigenvalue weighted by atomic mass is 16.3. The lowest BCUT2D eigenvalue weighted by molar-refractivity contribution is 0.441. The Bertz CT molecular complexity index is 632. The van der Waals surface area contributed by atoms with Crippen LogP contribution in [0.3, 0.4) is 0 Å². The molecule has 3 N–H and O–H groups in total. The van der Waals surface area contributed by atoms with Crippen molar-refractivity contribution in [3.8, 4) is 5.75 Å².